The molecule has 1 aliphatic rings. The third-order valence-corrected chi connectivity index (χ3v) is 5.98. The van der Waals surface area contributed by atoms with E-state index in [4.69, 9.17) is 4.74 Å². The number of nitrogens with zero attached hydrogens (tertiary/aromatic N) is 2. The quantitative estimate of drug-likeness (QED) is 0.493. The zero-order valence-corrected chi connectivity index (χ0v) is 18.7. The highest BCUT2D eigenvalue weighted by Crippen LogP contribution is 2.41. The molecule has 0 saturated carbocycles. The minimum Gasteiger partial charge on any atom is -0.503 e. The summed E-state index contributed by atoms with van der Waals surface area (Å²) in [6, 6.07) is 15.5. The number of rotatable bonds is 8. The average molecular weight is 449 g/mol. The van der Waals surface area contributed by atoms with Crippen molar-refractivity contribution < 1.29 is 19.4 Å². The van der Waals surface area contributed by atoms with Gasteiger partial charge in [-0.1, -0.05) is 38.1 Å². The number of benzene rings is 1. The fourth-order valence-electron chi connectivity index (χ4n) is 3.64. The van der Waals surface area contributed by atoms with E-state index in [2.05, 4.69) is 18.8 Å². The first-order valence-corrected chi connectivity index (χ1v) is 11.3. The Labute approximate surface area is 190 Å². The third-order valence-electron chi connectivity index (χ3n) is 5.11. The van der Waals surface area contributed by atoms with Crippen LogP contribution in [0.5, 0.6) is 5.75 Å². The second-order valence-electron chi connectivity index (χ2n) is 8.00. The summed E-state index contributed by atoms with van der Waals surface area (Å²) < 4.78 is 5.87. The minimum absolute atomic E-state index is 0.0781. The topological polar surface area (TPSA) is 79.7 Å². The van der Waals surface area contributed by atoms with Gasteiger partial charge in [0.15, 0.2) is 5.76 Å². The molecule has 4 rings (SSSR count). The number of aliphatic hydroxyl groups excluding tert-OH is 1. The number of aromatic nitrogens is 1. The fraction of sp³-hybridized carbons (Fsp3) is 0.240. The normalized spacial score (nSPS) is 16.2. The molecule has 1 aromatic carbocycles. The Kier molecular flexibility index (Phi) is 6.37. The van der Waals surface area contributed by atoms with Gasteiger partial charge in [-0.2, -0.15) is 0 Å². The van der Waals surface area contributed by atoms with Crippen LogP contribution in [-0.4, -0.2) is 33.3 Å². The molecule has 1 aliphatic heterocycles. The van der Waals surface area contributed by atoms with Gasteiger partial charge in [0, 0.05) is 6.20 Å². The van der Waals surface area contributed by atoms with Crippen molar-refractivity contribution in [2.45, 2.75) is 26.4 Å². The van der Waals surface area contributed by atoms with Crippen LogP contribution in [0.1, 0.15) is 40.8 Å². The highest BCUT2D eigenvalue weighted by molar-refractivity contribution is 7.12. The number of hydrogen-bond acceptors (Lipinski definition) is 6. The second kappa shape index (κ2) is 9.36. The number of amides is 1. The summed E-state index contributed by atoms with van der Waals surface area (Å²) in [5, 5.41) is 12.6. The maximum Gasteiger partial charge on any atom is 0.290 e. The number of Topliss-reactive ketones (excluding diaryl/α,β-unsaturated/α-hetero) is 1. The number of carbonyl (C=O) groups is 2. The number of thiophene rings is 1. The molecule has 1 amide bonds. The lowest BCUT2D eigenvalue weighted by Gasteiger charge is -2.27. The largest absolute Gasteiger partial charge is 0.503 e. The minimum atomic E-state index is -0.748. The Balaban J connectivity index is 1.76. The van der Waals surface area contributed by atoms with Gasteiger partial charge in [-0.15, -0.1) is 11.3 Å². The second-order valence-corrected chi connectivity index (χ2v) is 8.95. The predicted molar refractivity (Wildman–Crippen MR) is 123 cm³/mol. The lowest BCUT2D eigenvalue weighted by atomic mass is 9.95. The SMILES string of the molecule is CC(C)COc1cccc(C2C(C(=O)c3cccs3)=C(O)C(=O)N2Cc2ccccn2)c1. The van der Waals surface area contributed by atoms with Crippen LogP contribution in [0.25, 0.3) is 0 Å². The molecule has 3 aromatic rings. The van der Waals surface area contributed by atoms with Crippen LogP contribution < -0.4 is 4.74 Å². The zero-order chi connectivity index (χ0) is 22.7. The van der Waals surface area contributed by atoms with Crippen molar-refractivity contribution in [3.63, 3.8) is 0 Å². The summed E-state index contributed by atoms with van der Waals surface area (Å²) >= 11 is 1.28. The Bertz CT molecular complexity index is 1140. The maximum absolute atomic E-state index is 13.3. The van der Waals surface area contributed by atoms with Gasteiger partial charge in [0.1, 0.15) is 5.75 Å². The smallest absolute Gasteiger partial charge is 0.290 e. The van der Waals surface area contributed by atoms with Gasteiger partial charge in [-0.3, -0.25) is 14.6 Å². The number of ether oxygens (including phenoxy) is 1. The van der Waals surface area contributed by atoms with E-state index in [9.17, 15) is 14.7 Å². The molecule has 3 heterocycles. The molecular weight excluding hydrogens is 424 g/mol. The molecule has 1 atom stereocenters. The molecule has 0 saturated heterocycles. The monoisotopic (exact) mass is 448 g/mol. The highest BCUT2D eigenvalue weighted by Gasteiger charge is 2.44. The summed E-state index contributed by atoms with van der Waals surface area (Å²) in [5.41, 5.74) is 1.43. The van der Waals surface area contributed by atoms with Crippen molar-refractivity contribution in [2.75, 3.05) is 6.61 Å². The summed E-state index contributed by atoms with van der Waals surface area (Å²) in [7, 11) is 0. The molecule has 0 fully saturated rings. The lowest BCUT2D eigenvalue weighted by molar-refractivity contribution is -0.130. The van der Waals surface area contributed by atoms with Gasteiger partial charge in [0.25, 0.3) is 5.91 Å². The van der Waals surface area contributed by atoms with E-state index in [-0.39, 0.29) is 17.9 Å². The molecule has 1 N–H and O–H groups in total. The number of ketones is 1. The number of carbonyl (C=O) groups excluding carboxylic acids is 2. The zero-order valence-electron chi connectivity index (χ0n) is 17.9. The molecule has 164 valence electrons. The number of pyridine rings is 1. The fourth-order valence-corrected chi connectivity index (χ4v) is 4.32. The van der Waals surface area contributed by atoms with Gasteiger partial charge < -0.3 is 14.7 Å². The number of aliphatic hydroxyl groups is 1. The van der Waals surface area contributed by atoms with Crippen molar-refractivity contribution in [3.05, 3.63) is 93.6 Å². The van der Waals surface area contributed by atoms with Crippen molar-refractivity contribution in [1.29, 1.82) is 0 Å². The van der Waals surface area contributed by atoms with E-state index in [0.29, 0.717) is 34.4 Å². The molecule has 0 radical (unpaired) electrons. The first-order chi connectivity index (χ1) is 15.5. The van der Waals surface area contributed by atoms with Crippen LogP contribution in [0.3, 0.4) is 0 Å². The van der Waals surface area contributed by atoms with E-state index in [0.717, 1.165) is 0 Å². The molecule has 32 heavy (non-hydrogen) atoms. The molecule has 0 bridgehead atoms. The molecule has 6 nitrogen and oxygen atoms in total. The van der Waals surface area contributed by atoms with Gasteiger partial charge in [-0.05, 0) is 47.2 Å². The molecule has 1 unspecified atom stereocenters. The molecule has 0 spiro atoms. The average Bonchev–Trinajstić information content (AvgIpc) is 3.42. The van der Waals surface area contributed by atoms with Crippen LogP contribution in [-0.2, 0) is 11.3 Å². The molecule has 7 heteroatoms. The number of hydrogen-bond donors (Lipinski definition) is 1. The van der Waals surface area contributed by atoms with Gasteiger partial charge in [0.05, 0.1) is 35.3 Å². The highest BCUT2D eigenvalue weighted by atomic mass is 32.1. The van der Waals surface area contributed by atoms with Gasteiger partial charge in [-0.25, -0.2) is 0 Å². The van der Waals surface area contributed by atoms with E-state index < -0.39 is 17.7 Å². The Morgan fingerprint density at radius 1 is 1.19 bits per heavy atom. The molecule has 0 aliphatic carbocycles. The summed E-state index contributed by atoms with van der Waals surface area (Å²) in [5.74, 6) is -0.456. The van der Waals surface area contributed by atoms with Crippen LogP contribution in [0.2, 0.25) is 0 Å². The first kappa shape index (κ1) is 21.8. The summed E-state index contributed by atoms with van der Waals surface area (Å²) in [6.45, 7) is 4.83. The Morgan fingerprint density at radius 2 is 2.03 bits per heavy atom. The van der Waals surface area contributed by atoms with Crippen LogP contribution in [0.15, 0.2) is 77.5 Å². The first-order valence-electron chi connectivity index (χ1n) is 10.4. The maximum atomic E-state index is 13.3. The van der Waals surface area contributed by atoms with Crippen LogP contribution >= 0.6 is 11.3 Å². The Hall–Kier alpha value is -3.45. The van der Waals surface area contributed by atoms with E-state index in [1.165, 1.54) is 16.2 Å². The Morgan fingerprint density at radius 3 is 2.72 bits per heavy atom. The summed E-state index contributed by atoms with van der Waals surface area (Å²) in [4.78, 5) is 32.7. The molecular formula is C25H24N2O4S. The van der Waals surface area contributed by atoms with Gasteiger partial charge >= 0.3 is 0 Å². The van der Waals surface area contributed by atoms with Crippen molar-refractivity contribution in [2.24, 2.45) is 5.92 Å². The van der Waals surface area contributed by atoms with Crippen molar-refractivity contribution in [3.8, 4) is 5.75 Å². The van der Waals surface area contributed by atoms with Crippen LogP contribution in [0, 0.1) is 5.92 Å². The van der Waals surface area contributed by atoms with Gasteiger partial charge in [0.2, 0.25) is 5.78 Å². The van der Waals surface area contributed by atoms with Crippen LogP contribution in [0.4, 0.5) is 0 Å². The van der Waals surface area contributed by atoms with E-state index in [1.807, 2.05) is 36.4 Å². The third kappa shape index (κ3) is 4.43. The standard InChI is InChI=1S/C25H24N2O4S/c1-16(2)15-31-19-9-5-7-17(13-19)22-21(23(28)20-10-6-12-32-20)24(29)25(30)27(22)14-18-8-3-4-11-26-18/h3-13,16,22,29H,14-15H2,1-2H3. The van der Waals surface area contributed by atoms with Crippen molar-refractivity contribution in [1.82, 2.24) is 9.88 Å². The predicted octanol–water partition coefficient (Wildman–Crippen LogP) is 4.96. The lowest BCUT2D eigenvalue weighted by Crippen LogP contribution is -2.31. The van der Waals surface area contributed by atoms with E-state index in [1.54, 1.807) is 29.8 Å². The van der Waals surface area contributed by atoms with E-state index >= 15 is 0 Å². The van der Waals surface area contributed by atoms with Crippen molar-refractivity contribution >= 4 is 23.0 Å². The summed E-state index contributed by atoms with van der Waals surface area (Å²) in [6.07, 6.45) is 1.65. The molecule has 2 aromatic heterocycles.